The van der Waals surface area contributed by atoms with Crippen LogP contribution in [0.15, 0.2) is 12.1 Å². The highest BCUT2D eigenvalue weighted by Crippen LogP contribution is 2.64. The minimum Gasteiger partial charge on any atom is -0.504 e. The van der Waals surface area contributed by atoms with Crippen molar-refractivity contribution < 1.29 is 19.7 Å². The first-order chi connectivity index (χ1) is 12.0. The molecule has 4 atom stereocenters. The SMILES string of the molecule is O=C1CC[C@@]2(O)C3Cc4ccc(O)c5c4[C@@]2(CCN3CC2CC2)[C@H]1O5. The molecule has 5 heteroatoms. The van der Waals surface area contributed by atoms with E-state index in [4.69, 9.17) is 4.74 Å². The molecule has 1 saturated heterocycles. The highest BCUT2D eigenvalue weighted by atomic mass is 16.5. The summed E-state index contributed by atoms with van der Waals surface area (Å²) in [5.74, 6) is 1.39. The maximum Gasteiger partial charge on any atom is 0.174 e. The molecule has 5 aliphatic rings. The summed E-state index contributed by atoms with van der Waals surface area (Å²) in [7, 11) is 0. The van der Waals surface area contributed by atoms with Crippen molar-refractivity contribution in [1.29, 1.82) is 0 Å². The Morgan fingerprint density at radius 1 is 1.28 bits per heavy atom. The van der Waals surface area contributed by atoms with E-state index in [1.165, 1.54) is 12.8 Å². The molecule has 3 aliphatic carbocycles. The van der Waals surface area contributed by atoms with Gasteiger partial charge < -0.3 is 14.9 Å². The van der Waals surface area contributed by atoms with E-state index < -0.39 is 17.1 Å². The summed E-state index contributed by atoms with van der Waals surface area (Å²) < 4.78 is 6.04. The number of phenolic OH excluding ortho intramolecular Hbond substituents is 1. The van der Waals surface area contributed by atoms with Gasteiger partial charge in [0.1, 0.15) is 0 Å². The number of hydrogen-bond donors (Lipinski definition) is 2. The van der Waals surface area contributed by atoms with Crippen LogP contribution < -0.4 is 4.74 Å². The minimum atomic E-state index is -0.940. The normalized spacial score (nSPS) is 41.4. The van der Waals surface area contributed by atoms with Crippen LogP contribution in [-0.4, -0.2) is 51.7 Å². The van der Waals surface area contributed by atoms with Crippen molar-refractivity contribution in [2.24, 2.45) is 5.92 Å². The van der Waals surface area contributed by atoms with Crippen molar-refractivity contribution in [2.45, 2.75) is 61.7 Å². The number of nitrogens with zero attached hydrogens (tertiary/aromatic N) is 1. The van der Waals surface area contributed by atoms with E-state index >= 15 is 0 Å². The molecular formula is C20H23NO4. The van der Waals surface area contributed by atoms with Gasteiger partial charge in [-0.3, -0.25) is 9.69 Å². The number of ketones is 1. The van der Waals surface area contributed by atoms with Crippen LogP contribution in [0.5, 0.6) is 11.5 Å². The lowest BCUT2D eigenvalue weighted by Gasteiger charge is -2.62. The smallest absolute Gasteiger partial charge is 0.174 e. The van der Waals surface area contributed by atoms with Gasteiger partial charge in [-0.2, -0.15) is 0 Å². The molecule has 2 N–H and O–H groups in total. The number of aromatic hydroxyl groups is 1. The van der Waals surface area contributed by atoms with Crippen LogP contribution in [-0.2, 0) is 16.6 Å². The first-order valence-electron chi connectivity index (χ1n) is 9.56. The van der Waals surface area contributed by atoms with Crippen molar-refractivity contribution >= 4 is 5.78 Å². The number of aliphatic hydroxyl groups is 1. The molecule has 1 aromatic carbocycles. The van der Waals surface area contributed by atoms with Crippen molar-refractivity contribution in [3.8, 4) is 11.5 Å². The molecule has 2 bridgehead atoms. The molecule has 6 rings (SSSR count). The number of Topliss-reactive ketones (excluding diaryl/α,β-unsaturated/α-hetero) is 1. The molecule has 0 amide bonds. The van der Waals surface area contributed by atoms with Crippen LogP contribution in [0.3, 0.4) is 0 Å². The monoisotopic (exact) mass is 341 g/mol. The van der Waals surface area contributed by atoms with Gasteiger partial charge in [0.05, 0.1) is 11.0 Å². The predicted molar refractivity (Wildman–Crippen MR) is 89.8 cm³/mol. The van der Waals surface area contributed by atoms with E-state index in [0.717, 1.165) is 43.0 Å². The second kappa shape index (κ2) is 4.38. The second-order valence-electron chi connectivity index (χ2n) is 8.72. The fraction of sp³-hybridized carbons (Fsp3) is 0.650. The van der Waals surface area contributed by atoms with Gasteiger partial charge in [-0.05, 0) is 56.2 Å². The molecular weight excluding hydrogens is 318 g/mol. The summed E-state index contributed by atoms with van der Waals surface area (Å²) in [5, 5.41) is 22.3. The number of carbonyl (C=O) groups excluding carboxylic acids is 1. The molecule has 25 heavy (non-hydrogen) atoms. The first-order valence-corrected chi connectivity index (χ1v) is 9.56. The minimum absolute atomic E-state index is 0.0454. The second-order valence-corrected chi connectivity index (χ2v) is 8.72. The Labute approximate surface area is 146 Å². The zero-order valence-electron chi connectivity index (χ0n) is 14.2. The standard InChI is InChI=1S/C20H23NO4/c22-13-4-3-12-9-15-20(24)6-5-14(23)18-19(20,16(12)17(13)25-18)7-8-21(15)10-11-1-2-11/h3-4,11,15,18,22,24H,1-2,5-10H2/t15?,18-,19-,20+/m0/s1. The number of phenols is 1. The van der Waals surface area contributed by atoms with Gasteiger partial charge in [-0.25, -0.2) is 0 Å². The van der Waals surface area contributed by atoms with Gasteiger partial charge in [0.2, 0.25) is 0 Å². The van der Waals surface area contributed by atoms with Gasteiger partial charge in [-0.1, -0.05) is 6.07 Å². The fourth-order valence-corrected chi connectivity index (χ4v) is 6.26. The highest BCUT2D eigenvalue weighted by Gasteiger charge is 2.73. The summed E-state index contributed by atoms with van der Waals surface area (Å²) in [4.78, 5) is 15.2. The average Bonchev–Trinajstić information content (AvgIpc) is 3.32. The molecule has 1 aromatic rings. The van der Waals surface area contributed by atoms with E-state index in [1.807, 2.05) is 6.07 Å². The fourth-order valence-electron chi connectivity index (χ4n) is 6.26. The molecule has 3 fully saturated rings. The van der Waals surface area contributed by atoms with Crippen molar-refractivity contribution in [3.63, 3.8) is 0 Å². The number of hydrogen-bond acceptors (Lipinski definition) is 5. The number of benzene rings is 1. The van der Waals surface area contributed by atoms with Crippen molar-refractivity contribution in [1.82, 2.24) is 4.90 Å². The number of piperidine rings is 1. The van der Waals surface area contributed by atoms with Crippen LogP contribution in [0.25, 0.3) is 0 Å². The zero-order valence-corrected chi connectivity index (χ0v) is 14.2. The zero-order chi connectivity index (χ0) is 17.0. The van der Waals surface area contributed by atoms with E-state index in [0.29, 0.717) is 18.6 Å². The van der Waals surface area contributed by atoms with Crippen molar-refractivity contribution in [3.05, 3.63) is 23.3 Å². The molecule has 2 heterocycles. The quantitative estimate of drug-likeness (QED) is 0.854. The molecule has 0 radical (unpaired) electrons. The summed E-state index contributed by atoms with van der Waals surface area (Å²) in [6.45, 7) is 1.95. The first kappa shape index (κ1) is 14.6. The van der Waals surface area contributed by atoms with E-state index in [2.05, 4.69) is 4.90 Å². The summed E-state index contributed by atoms with van der Waals surface area (Å²) in [6.07, 6.45) is 4.33. The van der Waals surface area contributed by atoms with Gasteiger partial charge in [0.15, 0.2) is 23.4 Å². The lowest BCUT2D eigenvalue weighted by molar-refractivity contribution is -0.188. The topological polar surface area (TPSA) is 70.0 Å². The molecule has 2 aliphatic heterocycles. The molecule has 2 saturated carbocycles. The molecule has 1 unspecified atom stereocenters. The van der Waals surface area contributed by atoms with Gasteiger partial charge >= 0.3 is 0 Å². The van der Waals surface area contributed by atoms with E-state index in [-0.39, 0.29) is 17.6 Å². The van der Waals surface area contributed by atoms with Gasteiger partial charge in [-0.15, -0.1) is 0 Å². The van der Waals surface area contributed by atoms with E-state index in [9.17, 15) is 15.0 Å². The third kappa shape index (κ3) is 1.56. The molecule has 132 valence electrons. The number of ether oxygens (including phenoxy) is 1. The lowest BCUT2D eigenvalue weighted by atomic mass is 9.49. The maximum atomic E-state index is 12.7. The third-order valence-electron chi connectivity index (χ3n) is 7.56. The van der Waals surface area contributed by atoms with Crippen LogP contribution >= 0.6 is 0 Å². The largest absolute Gasteiger partial charge is 0.504 e. The van der Waals surface area contributed by atoms with Crippen molar-refractivity contribution in [2.75, 3.05) is 13.1 Å². The van der Waals surface area contributed by atoms with Gasteiger partial charge in [0, 0.05) is 24.6 Å². The summed E-state index contributed by atoms with van der Waals surface area (Å²) >= 11 is 0. The number of carbonyl (C=O) groups is 1. The molecule has 0 aromatic heterocycles. The highest BCUT2D eigenvalue weighted by molar-refractivity contribution is 5.90. The maximum absolute atomic E-state index is 12.7. The van der Waals surface area contributed by atoms with Crippen LogP contribution in [0.1, 0.15) is 43.2 Å². The van der Waals surface area contributed by atoms with Crippen LogP contribution in [0.2, 0.25) is 0 Å². The average molecular weight is 341 g/mol. The summed E-state index contributed by atoms with van der Waals surface area (Å²) in [6, 6.07) is 3.69. The Bertz CT molecular complexity index is 803. The predicted octanol–water partition coefficient (Wildman–Crippen LogP) is 1.53. The number of likely N-dealkylation sites (tertiary alicyclic amines) is 1. The van der Waals surface area contributed by atoms with Crippen LogP contribution in [0.4, 0.5) is 0 Å². The third-order valence-corrected chi connectivity index (χ3v) is 7.56. The summed E-state index contributed by atoms with van der Waals surface area (Å²) in [5.41, 5.74) is 0.454. The van der Waals surface area contributed by atoms with Crippen LogP contribution in [0, 0.1) is 5.92 Å². The Balaban J connectivity index is 1.58. The lowest BCUT2D eigenvalue weighted by Crippen LogP contribution is -2.76. The number of rotatable bonds is 2. The Kier molecular flexibility index (Phi) is 2.55. The Hall–Kier alpha value is -1.59. The Morgan fingerprint density at radius 2 is 2.12 bits per heavy atom. The molecule has 1 spiro atoms. The Morgan fingerprint density at radius 3 is 2.92 bits per heavy atom. The van der Waals surface area contributed by atoms with E-state index in [1.54, 1.807) is 6.07 Å². The van der Waals surface area contributed by atoms with Gasteiger partial charge in [0.25, 0.3) is 0 Å². The molecule has 5 nitrogen and oxygen atoms in total.